The van der Waals surface area contributed by atoms with Crippen molar-refractivity contribution in [1.29, 1.82) is 0 Å². The fourth-order valence-corrected chi connectivity index (χ4v) is 3.06. The van der Waals surface area contributed by atoms with Gasteiger partial charge in [-0.2, -0.15) is 0 Å². The summed E-state index contributed by atoms with van der Waals surface area (Å²) in [6.07, 6.45) is 0. The number of amides is 1. The number of nitrogens with one attached hydrogen (secondary N) is 3. The Bertz CT molecular complexity index is 1170. The van der Waals surface area contributed by atoms with Crippen molar-refractivity contribution >= 4 is 27.7 Å². The van der Waals surface area contributed by atoms with Crippen LogP contribution in [-0.2, 0) is 6.54 Å². The quantitative estimate of drug-likeness (QED) is 0.530. The number of hydrogen-bond donors (Lipinski definition) is 3. The third-order valence-corrected chi connectivity index (χ3v) is 4.32. The van der Waals surface area contributed by atoms with E-state index in [0.29, 0.717) is 23.0 Å². The molecule has 0 saturated carbocycles. The van der Waals surface area contributed by atoms with Gasteiger partial charge in [0.25, 0.3) is 5.91 Å². The molecule has 0 spiro atoms. The van der Waals surface area contributed by atoms with Crippen molar-refractivity contribution in [2.75, 3.05) is 7.11 Å². The molecule has 2 aromatic heterocycles. The van der Waals surface area contributed by atoms with Gasteiger partial charge in [-0.3, -0.25) is 9.59 Å². The summed E-state index contributed by atoms with van der Waals surface area (Å²) in [6, 6.07) is 16.3. The molecular formula is C20H17N3O3. The first-order chi connectivity index (χ1) is 12.6. The lowest BCUT2D eigenvalue weighted by atomic mass is 10.1. The molecule has 0 atom stereocenters. The summed E-state index contributed by atoms with van der Waals surface area (Å²) >= 11 is 0. The Labute approximate surface area is 148 Å². The van der Waals surface area contributed by atoms with Crippen LogP contribution in [-0.4, -0.2) is 23.0 Å². The summed E-state index contributed by atoms with van der Waals surface area (Å²) < 4.78 is 5.22. The van der Waals surface area contributed by atoms with Gasteiger partial charge in [0.05, 0.1) is 19.2 Å². The first kappa shape index (κ1) is 16.0. The number of carbonyl (C=O) groups excluding carboxylic acids is 1. The van der Waals surface area contributed by atoms with Gasteiger partial charge >= 0.3 is 0 Å². The van der Waals surface area contributed by atoms with Gasteiger partial charge in [0.15, 0.2) is 0 Å². The number of pyridine rings is 1. The third kappa shape index (κ3) is 2.93. The molecule has 6 heteroatoms. The number of fused-ring (bicyclic) bond motifs is 2. The van der Waals surface area contributed by atoms with Gasteiger partial charge in [0.1, 0.15) is 5.75 Å². The molecule has 6 nitrogen and oxygen atoms in total. The van der Waals surface area contributed by atoms with E-state index in [1.165, 1.54) is 6.07 Å². The van der Waals surface area contributed by atoms with Crippen LogP contribution < -0.4 is 15.6 Å². The topological polar surface area (TPSA) is 87.0 Å². The number of carbonyl (C=O) groups is 1. The molecule has 1 amide bonds. The normalized spacial score (nSPS) is 11.0. The van der Waals surface area contributed by atoms with Crippen LogP contribution in [0.1, 0.15) is 16.1 Å². The number of para-hydroxylation sites is 1. The third-order valence-electron chi connectivity index (χ3n) is 4.32. The number of aromatic amines is 2. The van der Waals surface area contributed by atoms with Crippen molar-refractivity contribution in [3.63, 3.8) is 0 Å². The van der Waals surface area contributed by atoms with E-state index >= 15 is 0 Å². The predicted molar refractivity (Wildman–Crippen MR) is 101 cm³/mol. The number of rotatable bonds is 4. The van der Waals surface area contributed by atoms with Gasteiger partial charge in [-0.1, -0.05) is 18.2 Å². The Morgan fingerprint density at radius 1 is 1.04 bits per heavy atom. The van der Waals surface area contributed by atoms with Crippen LogP contribution in [0, 0.1) is 0 Å². The summed E-state index contributed by atoms with van der Waals surface area (Å²) in [6.45, 7) is 0.330. The molecule has 0 unspecified atom stereocenters. The minimum Gasteiger partial charge on any atom is -0.497 e. The highest BCUT2D eigenvalue weighted by Crippen LogP contribution is 2.21. The van der Waals surface area contributed by atoms with E-state index in [2.05, 4.69) is 15.3 Å². The SMILES string of the molecule is COc1ccc2[nH]c(CNC(=O)c3cc(=O)[nH]c4ccccc34)cc2c1. The predicted octanol–water partition coefficient (Wildman–Crippen LogP) is 2.95. The summed E-state index contributed by atoms with van der Waals surface area (Å²) in [4.78, 5) is 30.4. The standard InChI is InChI=1S/C20H17N3O3/c1-26-14-6-7-17-12(9-14)8-13(22-17)11-21-20(25)16-10-19(24)23-18-5-3-2-4-15(16)18/h2-10,22H,11H2,1H3,(H,21,25)(H,23,24). The molecule has 0 radical (unpaired) electrons. The van der Waals surface area contributed by atoms with E-state index in [9.17, 15) is 9.59 Å². The highest BCUT2D eigenvalue weighted by Gasteiger charge is 2.12. The van der Waals surface area contributed by atoms with E-state index in [0.717, 1.165) is 22.3 Å². The Kier molecular flexibility index (Phi) is 3.93. The molecule has 2 heterocycles. The maximum Gasteiger partial charge on any atom is 0.252 e. The first-order valence-electron chi connectivity index (χ1n) is 8.20. The molecule has 0 aliphatic carbocycles. The molecule has 0 bridgehead atoms. The van der Waals surface area contributed by atoms with Crippen molar-refractivity contribution in [3.8, 4) is 5.75 Å². The van der Waals surface area contributed by atoms with Crippen molar-refractivity contribution in [2.24, 2.45) is 0 Å². The average Bonchev–Trinajstić information content (AvgIpc) is 3.07. The molecule has 2 aromatic carbocycles. The zero-order valence-corrected chi connectivity index (χ0v) is 14.1. The maximum atomic E-state index is 12.6. The van der Waals surface area contributed by atoms with Crippen LogP contribution >= 0.6 is 0 Å². The molecule has 0 fully saturated rings. The van der Waals surface area contributed by atoms with Crippen LogP contribution in [0.2, 0.25) is 0 Å². The zero-order chi connectivity index (χ0) is 18.1. The Balaban J connectivity index is 1.59. The molecule has 0 aliphatic heterocycles. The minimum atomic E-state index is -0.299. The number of methoxy groups -OCH3 is 1. The minimum absolute atomic E-state index is 0.288. The van der Waals surface area contributed by atoms with Gasteiger partial charge in [0.2, 0.25) is 5.56 Å². The van der Waals surface area contributed by atoms with Crippen molar-refractivity contribution in [3.05, 3.63) is 76.2 Å². The van der Waals surface area contributed by atoms with Gasteiger partial charge in [-0.25, -0.2) is 0 Å². The second kappa shape index (κ2) is 6.40. The molecule has 4 rings (SSSR count). The number of aromatic nitrogens is 2. The van der Waals surface area contributed by atoms with Crippen molar-refractivity contribution in [1.82, 2.24) is 15.3 Å². The lowest BCUT2D eigenvalue weighted by molar-refractivity contribution is 0.0952. The smallest absolute Gasteiger partial charge is 0.252 e. The zero-order valence-electron chi connectivity index (χ0n) is 14.1. The number of ether oxygens (including phenoxy) is 1. The fourth-order valence-electron chi connectivity index (χ4n) is 3.06. The van der Waals surface area contributed by atoms with Crippen LogP contribution in [0.25, 0.3) is 21.8 Å². The number of H-pyrrole nitrogens is 2. The number of hydrogen-bond acceptors (Lipinski definition) is 3. The maximum absolute atomic E-state index is 12.6. The molecule has 3 N–H and O–H groups in total. The number of benzene rings is 2. The van der Waals surface area contributed by atoms with E-state index < -0.39 is 0 Å². The molecular weight excluding hydrogens is 330 g/mol. The second-order valence-corrected chi connectivity index (χ2v) is 6.02. The lowest BCUT2D eigenvalue weighted by Gasteiger charge is -2.07. The molecule has 0 aliphatic rings. The Morgan fingerprint density at radius 2 is 1.88 bits per heavy atom. The summed E-state index contributed by atoms with van der Waals surface area (Å²) in [5.74, 6) is 0.491. The Hall–Kier alpha value is -3.54. The summed E-state index contributed by atoms with van der Waals surface area (Å²) in [7, 11) is 1.63. The van der Waals surface area contributed by atoms with E-state index in [-0.39, 0.29) is 11.5 Å². The van der Waals surface area contributed by atoms with Gasteiger partial charge in [-0.05, 0) is 30.3 Å². The molecule has 26 heavy (non-hydrogen) atoms. The van der Waals surface area contributed by atoms with Gasteiger partial charge in [-0.15, -0.1) is 0 Å². The molecule has 0 saturated heterocycles. The van der Waals surface area contributed by atoms with E-state index in [4.69, 9.17) is 4.74 Å². The average molecular weight is 347 g/mol. The van der Waals surface area contributed by atoms with Crippen LogP contribution in [0.15, 0.2) is 59.4 Å². The van der Waals surface area contributed by atoms with Crippen molar-refractivity contribution in [2.45, 2.75) is 6.54 Å². The highest BCUT2D eigenvalue weighted by atomic mass is 16.5. The summed E-state index contributed by atoms with van der Waals surface area (Å²) in [5.41, 5.74) is 2.55. The first-order valence-corrected chi connectivity index (χ1v) is 8.20. The van der Waals surface area contributed by atoms with Crippen LogP contribution in [0.5, 0.6) is 5.75 Å². The monoisotopic (exact) mass is 347 g/mol. The van der Waals surface area contributed by atoms with Crippen LogP contribution in [0.4, 0.5) is 0 Å². The molecule has 130 valence electrons. The molecule has 4 aromatic rings. The second-order valence-electron chi connectivity index (χ2n) is 6.02. The fraction of sp³-hybridized carbons (Fsp3) is 0.100. The summed E-state index contributed by atoms with van der Waals surface area (Å²) in [5, 5.41) is 4.59. The Morgan fingerprint density at radius 3 is 2.73 bits per heavy atom. The highest BCUT2D eigenvalue weighted by molar-refractivity contribution is 6.05. The van der Waals surface area contributed by atoms with E-state index in [1.807, 2.05) is 42.5 Å². The lowest BCUT2D eigenvalue weighted by Crippen LogP contribution is -2.25. The van der Waals surface area contributed by atoms with Crippen LogP contribution in [0.3, 0.4) is 0 Å². The van der Waals surface area contributed by atoms with Gasteiger partial charge < -0.3 is 20.0 Å². The van der Waals surface area contributed by atoms with E-state index in [1.54, 1.807) is 13.2 Å². The van der Waals surface area contributed by atoms with Crippen molar-refractivity contribution < 1.29 is 9.53 Å². The van der Waals surface area contributed by atoms with Gasteiger partial charge in [0, 0.05) is 33.6 Å². The largest absolute Gasteiger partial charge is 0.497 e.